The Balaban J connectivity index is 0.00000128. The molecule has 0 saturated carbocycles. The number of alkyl halides is 1. The second-order valence-electron chi connectivity index (χ2n) is 3.65. The molecule has 1 atom stereocenters. The first kappa shape index (κ1) is 12.9. The molecule has 0 fully saturated rings. The highest BCUT2D eigenvalue weighted by Crippen LogP contribution is 2.24. The second-order valence-corrected chi connectivity index (χ2v) is 3.65. The molecule has 0 aliphatic rings. The molecule has 2 rings (SSSR count). The quantitative estimate of drug-likeness (QED) is 0.870. The van der Waals surface area contributed by atoms with Crippen molar-refractivity contribution in [1.29, 1.82) is 0 Å². The first-order chi connectivity index (χ1) is 7.33. The summed E-state index contributed by atoms with van der Waals surface area (Å²) in [5.41, 5.74) is 6.96. The van der Waals surface area contributed by atoms with Gasteiger partial charge in [-0.15, -0.1) is 12.4 Å². The maximum absolute atomic E-state index is 12.2. The molecule has 3 heteroatoms. The average molecular weight is 240 g/mol. The number of hydrogen-bond acceptors (Lipinski definition) is 1. The van der Waals surface area contributed by atoms with E-state index in [1.807, 2.05) is 42.5 Å². The Morgan fingerprint density at radius 3 is 2.50 bits per heavy atom. The van der Waals surface area contributed by atoms with Gasteiger partial charge in [-0.25, -0.2) is 0 Å². The Morgan fingerprint density at radius 2 is 1.75 bits per heavy atom. The van der Waals surface area contributed by atoms with Crippen LogP contribution >= 0.6 is 12.4 Å². The van der Waals surface area contributed by atoms with Gasteiger partial charge in [0.1, 0.15) is 0 Å². The Morgan fingerprint density at radius 1 is 1.06 bits per heavy atom. The summed E-state index contributed by atoms with van der Waals surface area (Å²) in [5.74, 6) is 0. The lowest BCUT2D eigenvalue weighted by Crippen LogP contribution is -2.11. The topological polar surface area (TPSA) is 26.0 Å². The third-order valence-electron chi connectivity index (χ3n) is 2.64. The van der Waals surface area contributed by atoms with E-state index >= 15 is 0 Å². The van der Waals surface area contributed by atoms with Crippen LogP contribution in [0, 0.1) is 0 Å². The van der Waals surface area contributed by atoms with Gasteiger partial charge in [0.15, 0.2) is 0 Å². The van der Waals surface area contributed by atoms with Crippen LogP contribution in [0.4, 0.5) is 4.39 Å². The molecule has 0 radical (unpaired) electrons. The van der Waals surface area contributed by atoms with Crippen molar-refractivity contribution in [3.8, 4) is 0 Å². The highest BCUT2D eigenvalue weighted by molar-refractivity contribution is 5.86. The van der Waals surface area contributed by atoms with E-state index in [2.05, 4.69) is 0 Å². The van der Waals surface area contributed by atoms with Gasteiger partial charge in [-0.3, -0.25) is 4.39 Å². The van der Waals surface area contributed by atoms with Crippen LogP contribution in [0.25, 0.3) is 10.8 Å². The SMILES string of the molecule is Cl.N[C@@H](CCF)c1cccc2ccccc12. The molecule has 16 heavy (non-hydrogen) atoms. The van der Waals surface area contributed by atoms with Gasteiger partial charge in [0, 0.05) is 6.04 Å². The maximum Gasteiger partial charge on any atom is 0.0912 e. The van der Waals surface area contributed by atoms with Crippen LogP contribution < -0.4 is 5.73 Å². The van der Waals surface area contributed by atoms with E-state index in [1.165, 1.54) is 0 Å². The van der Waals surface area contributed by atoms with Gasteiger partial charge < -0.3 is 5.73 Å². The number of fused-ring (bicyclic) bond motifs is 1. The fraction of sp³-hybridized carbons (Fsp3) is 0.231. The predicted molar refractivity (Wildman–Crippen MR) is 68.7 cm³/mol. The molecule has 0 heterocycles. The van der Waals surface area contributed by atoms with Gasteiger partial charge in [-0.1, -0.05) is 42.5 Å². The summed E-state index contributed by atoms with van der Waals surface area (Å²) in [4.78, 5) is 0. The molecule has 2 aromatic rings. The molecule has 0 saturated heterocycles. The van der Waals surface area contributed by atoms with E-state index in [4.69, 9.17) is 5.73 Å². The summed E-state index contributed by atoms with van der Waals surface area (Å²) in [6.45, 7) is -0.371. The van der Waals surface area contributed by atoms with Crippen molar-refractivity contribution in [2.24, 2.45) is 5.73 Å². The number of nitrogens with two attached hydrogens (primary N) is 1. The number of hydrogen-bond donors (Lipinski definition) is 1. The molecular weight excluding hydrogens is 225 g/mol. The van der Waals surface area contributed by atoms with Gasteiger partial charge in [-0.05, 0) is 22.8 Å². The zero-order chi connectivity index (χ0) is 10.7. The highest BCUT2D eigenvalue weighted by Gasteiger charge is 2.08. The fourth-order valence-electron chi connectivity index (χ4n) is 1.85. The first-order valence-electron chi connectivity index (χ1n) is 5.12. The third kappa shape index (κ3) is 2.52. The molecule has 2 aromatic carbocycles. The van der Waals surface area contributed by atoms with Crippen LogP contribution in [0.1, 0.15) is 18.0 Å². The highest BCUT2D eigenvalue weighted by atomic mass is 35.5. The molecule has 86 valence electrons. The summed E-state index contributed by atoms with van der Waals surface area (Å²) >= 11 is 0. The van der Waals surface area contributed by atoms with Crippen molar-refractivity contribution < 1.29 is 4.39 Å². The van der Waals surface area contributed by atoms with E-state index in [9.17, 15) is 4.39 Å². The smallest absolute Gasteiger partial charge is 0.0912 e. The van der Waals surface area contributed by atoms with Gasteiger partial charge in [0.25, 0.3) is 0 Å². The first-order valence-corrected chi connectivity index (χ1v) is 5.12. The maximum atomic E-state index is 12.2. The largest absolute Gasteiger partial charge is 0.324 e. The normalized spacial score (nSPS) is 12.1. The summed E-state index contributed by atoms with van der Waals surface area (Å²) in [7, 11) is 0. The molecule has 0 unspecified atom stereocenters. The van der Waals surface area contributed by atoms with Crippen LogP contribution in [-0.2, 0) is 0 Å². The van der Waals surface area contributed by atoms with E-state index < -0.39 is 0 Å². The van der Waals surface area contributed by atoms with Crippen LogP contribution in [0.15, 0.2) is 42.5 Å². The zero-order valence-corrected chi connectivity index (χ0v) is 9.71. The number of halogens is 2. The second kappa shape index (κ2) is 5.83. The molecule has 0 aromatic heterocycles. The monoisotopic (exact) mass is 239 g/mol. The van der Waals surface area contributed by atoms with E-state index in [1.54, 1.807) is 0 Å². The predicted octanol–water partition coefficient (Wildman–Crippen LogP) is 3.62. The molecule has 0 spiro atoms. The molecular formula is C13H15ClFN. The fourth-order valence-corrected chi connectivity index (χ4v) is 1.85. The van der Waals surface area contributed by atoms with Gasteiger partial charge in [0.2, 0.25) is 0 Å². The summed E-state index contributed by atoms with van der Waals surface area (Å²) < 4.78 is 12.2. The number of rotatable bonds is 3. The van der Waals surface area contributed by atoms with Gasteiger partial charge in [0.05, 0.1) is 6.67 Å². The van der Waals surface area contributed by atoms with Crippen molar-refractivity contribution in [2.75, 3.05) is 6.67 Å². The number of benzene rings is 2. The van der Waals surface area contributed by atoms with Crippen LogP contribution in [0.5, 0.6) is 0 Å². The van der Waals surface area contributed by atoms with Crippen molar-refractivity contribution in [3.63, 3.8) is 0 Å². The molecule has 1 nitrogen and oxygen atoms in total. The minimum absolute atomic E-state index is 0. The third-order valence-corrected chi connectivity index (χ3v) is 2.64. The van der Waals surface area contributed by atoms with Crippen LogP contribution in [0.3, 0.4) is 0 Å². The van der Waals surface area contributed by atoms with E-state index in [-0.39, 0.29) is 25.1 Å². The van der Waals surface area contributed by atoms with Gasteiger partial charge in [-0.2, -0.15) is 0 Å². The van der Waals surface area contributed by atoms with Crippen LogP contribution in [-0.4, -0.2) is 6.67 Å². The molecule has 2 N–H and O–H groups in total. The summed E-state index contributed by atoms with van der Waals surface area (Å²) in [6.07, 6.45) is 0.383. The standard InChI is InChI=1S/C13H14FN.ClH/c14-9-8-13(15)12-7-3-5-10-4-1-2-6-11(10)12;/h1-7,13H,8-9,15H2;1H/t13-;/m0./s1. The summed E-state index contributed by atoms with van der Waals surface area (Å²) in [5, 5.41) is 2.28. The Kier molecular flexibility index (Phi) is 4.71. The minimum Gasteiger partial charge on any atom is -0.324 e. The summed E-state index contributed by atoms with van der Waals surface area (Å²) in [6, 6.07) is 13.8. The van der Waals surface area contributed by atoms with Crippen LogP contribution in [0.2, 0.25) is 0 Å². The van der Waals surface area contributed by atoms with E-state index in [0.29, 0.717) is 6.42 Å². The van der Waals surface area contributed by atoms with Gasteiger partial charge >= 0.3 is 0 Å². The molecule has 0 amide bonds. The molecule has 0 aliphatic carbocycles. The lowest BCUT2D eigenvalue weighted by molar-refractivity contribution is 0.443. The van der Waals surface area contributed by atoms with Crippen molar-refractivity contribution in [2.45, 2.75) is 12.5 Å². The Bertz CT molecular complexity index is 453. The average Bonchev–Trinajstić information content (AvgIpc) is 2.28. The van der Waals surface area contributed by atoms with Crippen molar-refractivity contribution in [3.05, 3.63) is 48.0 Å². The Labute approximate surface area is 101 Å². The van der Waals surface area contributed by atoms with E-state index in [0.717, 1.165) is 16.3 Å². The van der Waals surface area contributed by atoms with Crippen molar-refractivity contribution >= 4 is 23.2 Å². The molecule has 0 bridgehead atoms. The molecule has 0 aliphatic heterocycles. The minimum atomic E-state index is -0.371. The lowest BCUT2D eigenvalue weighted by atomic mass is 9.98. The van der Waals surface area contributed by atoms with Crippen molar-refractivity contribution in [1.82, 2.24) is 0 Å². The Hall–Kier alpha value is -1.12. The lowest BCUT2D eigenvalue weighted by Gasteiger charge is -2.12. The zero-order valence-electron chi connectivity index (χ0n) is 8.90.